The second-order valence-electron chi connectivity index (χ2n) is 6.34. The quantitative estimate of drug-likeness (QED) is 0.810. The Morgan fingerprint density at radius 2 is 2.05 bits per heavy atom. The fourth-order valence-electron chi connectivity index (χ4n) is 3.39. The van der Waals surface area contributed by atoms with Gasteiger partial charge >= 0.3 is 0 Å². The lowest BCUT2D eigenvalue weighted by atomic mass is 9.77. The van der Waals surface area contributed by atoms with E-state index in [1.54, 1.807) is 6.26 Å². The highest BCUT2D eigenvalue weighted by atomic mass is 32.2. The van der Waals surface area contributed by atoms with Crippen LogP contribution in [-0.2, 0) is 15.6 Å². The number of piperidine rings is 1. The van der Waals surface area contributed by atoms with Gasteiger partial charge in [-0.25, -0.2) is 0 Å². The predicted octanol–water partition coefficient (Wildman–Crippen LogP) is 1.57. The maximum absolute atomic E-state index is 12.2. The number of carbonyl (C=O) groups excluding carboxylic acids is 1. The normalized spacial score (nSPS) is 33.0. The summed E-state index contributed by atoms with van der Waals surface area (Å²) in [7, 11) is -0.802. The van der Waals surface area contributed by atoms with Gasteiger partial charge in [0.1, 0.15) is 0 Å². The van der Waals surface area contributed by atoms with Crippen LogP contribution in [0.15, 0.2) is 0 Å². The molecule has 1 aliphatic heterocycles. The smallest absolute Gasteiger partial charge is 0.237 e. The van der Waals surface area contributed by atoms with Crippen molar-refractivity contribution in [1.82, 2.24) is 10.6 Å². The van der Waals surface area contributed by atoms with Crippen LogP contribution in [0, 0.1) is 5.92 Å². The maximum Gasteiger partial charge on any atom is 0.237 e. The van der Waals surface area contributed by atoms with Crippen LogP contribution in [0.4, 0.5) is 0 Å². The standard InChI is InChI=1S/C15H28N2O2S/c1-11(20(2)19)9-10-16-15(18)14-8-7-12-5-3-4-6-13(12)17-14/h11-14,17H,3-10H2,1-2H3,(H,16,18). The number of hydrogen-bond acceptors (Lipinski definition) is 3. The van der Waals surface area contributed by atoms with Crippen molar-refractivity contribution >= 4 is 16.7 Å². The van der Waals surface area contributed by atoms with Crippen molar-refractivity contribution in [3.63, 3.8) is 0 Å². The van der Waals surface area contributed by atoms with Crippen LogP contribution in [0.3, 0.4) is 0 Å². The van der Waals surface area contributed by atoms with Gasteiger partial charge in [0, 0.05) is 34.9 Å². The van der Waals surface area contributed by atoms with Crippen LogP contribution >= 0.6 is 0 Å². The van der Waals surface area contributed by atoms with E-state index in [0.717, 1.165) is 18.8 Å². The first-order valence-electron chi connectivity index (χ1n) is 7.94. The van der Waals surface area contributed by atoms with Crippen molar-refractivity contribution < 1.29 is 9.00 Å². The highest BCUT2D eigenvalue weighted by Crippen LogP contribution is 2.32. The lowest BCUT2D eigenvalue weighted by molar-refractivity contribution is -0.124. The monoisotopic (exact) mass is 300 g/mol. The van der Waals surface area contributed by atoms with Gasteiger partial charge in [0.15, 0.2) is 0 Å². The van der Waals surface area contributed by atoms with Crippen LogP contribution in [-0.4, -0.2) is 40.3 Å². The Bertz CT molecular complexity index is 362. The second kappa shape index (κ2) is 7.55. The molecule has 0 radical (unpaired) electrons. The molecule has 1 saturated heterocycles. The molecule has 5 atom stereocenters. The summed E-state index contributed by atoms with van der Waals surface area (Å²) in [4.78, 5) is 12.2. The van der Waals surface area contributed by atoms with E-state index in [2.05, 4.69) is 10.6 Å². The van der Waals surface area contributed by atoms with E-state index in [1.807, 2.05) is 6.92 Å². The molecule has 0 aromatic heterocycles. The van der Waals surface area contributed by atoms with E-state index in [9.17, 15) is 9.00 Å². The lowest BCUT2D eigenvalue weighted by Gasteiger charge is -2.39. The zero-order chi connectivity index (χ0) is 14.5. The molecule has 1 amide bonds. The van der Waals surface area contributed by atoms with Gasteiger partial charge in [-0.1, -0.05) is 19.8 Å². The Kier molecular flexibility index (Phi) is 6.02. The fourth-order valence-corrected chi connectivity index (χ4v) is 3.84. The Morgan fingerprint density at radius 1 is 1.30 bits per heavy atom. The molecule has 1 aliphatic carbocycles. The number of rotatable bonds is 5. The van der Waals surface area contributed by atoms with Crippen molar-refractivity contribution in [2.45, 2.75) is 69.2 Å². The minimum absolute atomic E-state index is 0.0169. The lowest BCUT2D eigenvalue weighted by Crippen LogP contribution is -2.55. The third-order valence-corrected chi connectivity index (χ3v) is 6.25. The number of hydrogen-bond donors (Lipinski definition) is 2. The Balaban J connectivity index is 1.71. The van der Waals surface area contributed by atoms with Crippen LogP contribution in [0.1, 0.15) is 51.9 Å². The number of amides is 1. The summed E-state index contributed by atoms with van der Waals surface area (Å²) in [5.41, 5.74) is 0. The minimum Gasteiger partial charge on any atom is -0.355 e. The summed E-state index contributed by atoms with van der Waals surface area (Å²) in [5.74, 6) is 0.915. The van der Waals surface area contributed by atoms with Gasteiger partial charge in [0.2, 0.25) is 5.91 Å². The average molecular weight is 300 g/mol. The molecule has 2 aliphatic rings. The third-order valence-electron chi connectivity index (χ3n) is 4.88. The molecule has 2 N–H and O–H groups in total. The second-order valence-corrected chi connectivity index (χ2v) is 8.14. The summed E-state index contributed by atoms with van der Waals surface area (Å²) in [5, 5.41) is 6.69. The maximum atomic E-state index is 12.2. The molecule has 0 aromatic carbocycles. The van der Waals surface area contributed by atoms with E-state index in [1.165, 1.54) is 32.1 Å². The predicted molar refractivity (Wildman–Crippen MR) is 83.1 cm³/mol. The molecule has 2 fully saturated rings. The molecule has 0 spiro atoms. The Labute approximate surface area is 124 Å². The van der Waals surface area contributed by atoms with E-state index in [4.69, 9.17) is 0 Å². The molecule has 4 nitrogen and oxygen atoms in total. The van der Waals surface area contributed by atoms with Crippen LogP contribution in [0.5, 0.6) is 0 Å². The molecular weight excluding hydrogens is 272 g/mol. The molecule has 0 bridgehead atoms. The number of nitrogens with one attached hydrogen (secondary N) is 2. The fraction of sp³-hybridized carbons (Fsp3) is 0.933. The highest BCUT2D eigenvalue weighted by molar-refractivity contribution is 7.84. The van der Waals surface area contributed by atoms with Gasteiger partial charge < -0.3 is 10.6 Å². The highest BCUT2D eigenvalue weighted by Gasteiger charge is 2.34. The molecule has 20 heavy (non-hydrogen) atoms. The molecule has 1 saturated carbocycles. The van der Waals surface area contributed by atoms with Gasteiger partial charge in [0.05, 0.1) is 6.04 Å². The van der Waals surface area contributed by atoms with E-state index in [-0.39, 0.29) is 17.2 Å². The molecule has 2 rings (SSSR count). The largest absolute Gasteiger partial charge is 0.355 e. The van der Waals surface area contributed by atoms with Crippen molar-refractivity contribution in [1.29, 1.82) is 0 Å². The summed E-state index contributed by atoms with van der Waals surface area (Å²) >= 11 is 0. The summed E-state index contributed by atoms with van der Waals surface area (Å²) in [6.45, 7) is 2.60. The molecule has 1 heterocycles. The summed E-state index contributed by atoms with van der Waals surface area (Å²) in [6, 6.07) is 0.534. The zero-order valence-electron chi connectivity index (χ0n) is 12.7. The average Bonchev–Trinajstić information content (AvgIpc) is 2.46. The van der Waals surface area contributed by atoms with Gasteiger partial charge in [-0.05, 0) is 38.0 Å². The number of carbonyl (C=O) groups is 1. The van der Waals surface area contributed by atoms with E-state index in [0.29, 0.717) is 12.6 Å². The van der Waals surface area contributed by atoms with Gasteiger partial charge in [-0.3, -0.25) is 9.00 Å². The first kappa shape index (κ1) is 16.0. The molecular formula is C15H28N2O2S. The van der Waals surface area contributed by atoms with E-state index >= 15 is 0 Å². The molecule has 116 valence electrons. The van der Waals surface area contributed by atoms with Crippen molar-refractivity contribution in [3.05, 3.63) is 0 Å². The summed E-state index contributed by atoms with van der Waals surface area (Å²) in [6.07, 6.45) is 9.85. The van der Waals surface area contributed by atoms with Crippen molar-refractivity contribution in [3.8, 4) is 0 Å². The van der Waals surface area contributed by atoms with Crippen LogP contribution in [0.2, 0.25) is 0 Å². The van der Waals surface area contributed by atoms with Crippen molar-refractivity contribution in [2.75, 3.05) is 12.8 Å². The first-order chi connectivity index (χ1) is 9.58. The van der Waals surface area contributed by atoms with Crippen LogP contribution in [0.25, 0.3) is 0 Å². The van der Waals surface area contributed by atoms with Crippen LogP contribution < -0.4 is 10.6 Å². The SMILES string of the molecule is CC(CCNC(=O)C1CCC2CCCCC2N1)S(C)=O. The topological polar surface area (TPSA) is 58.2 Å². The minimum atomic E-state index is -0.802. The van der Waals surface area contributed by atoms with Crippen molar-refractivity contribution in [2.24, 2.45) is 5.92 Å². The van der Waals surface area contributed by atoms with Gasteiger partial charge in [-0.2, -0.15) is 0 Å². The zero-order valence-corrected chi connectivity index (χ0v) is 13.5. The van der Waals surface area contributed by atoms with Gasteiger partial charge in [0.25, 0.3) is 0 Å². The van der Waals surface area contributed by atoms with E-state index < -0.39 is 10.8 Å². The Hall–Kier alpha value is -0.420. The molecule has 0 aromatic rings. The summed E-state index contributed by atoms with van der Waals surface area (Å²) < 4.78 is 11.3. The Morgan fingerprint density at radius 3 is 2.80 bits per heavy atom. The number of fused-ring (bicyclic) bond motifs is 1. The molecule has 5 heteroatoms. The van der Waals surface area contributed by atoms with Gasteiger partial charge in [-0.15, -0.1) is 0 Å². The third kappa shape index (κ3) is 4.29. The first-order valence-corrected chi connectivity index (χ1v) is 9.56. The molecule has 5 unspecified atom stereocenters.